The van der Waals surface area contributed by atoms with Gasteiger partial charge in [-0.15, -0.1) is 5.10 Å². The van der Waals surface area contributed by atoms with Gasteiger partial charge in [0.05, 0.1) is 17.6 Å². The number of aromatic nitrogens is 6. The van der Waals surface area contributed by atoms with Gasteiger partial charge in [-0.3, -0.25) is 4.90 Å². The van der Waals surface area contributed by atoms with Crippen molar-refractivity contribution in [1.82, 2.24) is 35.1 Å². The van der Waals surface area contributed by atoms with Crippen LogP contribution in [-0.4, -0.2) is 61.3 Å². The first-order chi connectivity index (χ1) is 12.3. The van der Waals surface area contributed by atoms with E-state index in [2.05, 4.69) is 43.3 Å². The van der Waals surface area contributed by atoms with Gasteiger partial charge in [-0.1, -0.05) is 19.1 Å². The number of nitrogens with zero attached hydrogens (tertiary/aromatic N) is 7. The number of anilines is 1. The third-order valence-electron chi connectivity index (χ3n) is 4.67. The van der Waals surface area contributed by atoms with E-state index < -0.39 is 0 Å². The van der Waals surface area contributed by atoms with Crippen molar-refractivity contribution in [3.05, 3.63) is 30.1 Å². The first kappa shape index (κ1) is 16.0. The summed E-state index contributed by atoms with van der Waals surface area (Å²) < 4.78 is 1.92. The molecule has 3 aromatic rings. The van der Waals surface area contributed by atoms with Crippen LogP contribution >= 0.6 is 0 Å². The maximum Gasteiger partial charge on any atom is 0.203 e. The largest absolute Gasteiger partial charge is 0.341 e. The minimum atomic E-state index is 0.807. The van der Waals surface area contributed by atoms with Gasteiger partial charge in [0.1, 0.15) is 0 Å². The number of nitrogens with one attached hydrogen (secondary N) is 1. The standard InChI is InChI=1S/C17H24N8/c1-2-8-25-16(20-21-22-25)13-23-9-5-10-24(12-11-23)17-18-14-6-3-4-7-15(14)19-17/h3-4,6-7H,2,5,8-13H2,1H3,(H,18,19). The van der Waals surface area contributed by atoms with Crippen molar-refractivity contribution in [2.75, 3.05) is 31.1 Å². The molecular formula is C17H24N8. The number of fused-ring (bicyclic) bond motifs is 1. The maximum atomic E-state index is 4.73. The lowest BCUT2D eigenvalue weighted by Crippen LogP contribution is -2.31. The molecule has 25 heavy (non-hydrogen) atoms. The summed E-state index contributed by atoms with van der Waals surface area (Å²) in [7, 11) is 0. The molecule has 8 heteroatoms. The Kier molecular flexibility index (Phi) is 4.60. The van der Waals surface area contributed by atoms with Crippen LogP contribution in [0.1, 0.15) is 25.6 Å². The summed E-state index contributed by atoms with van der Waals surface area (Å²) in [5, 5.41) is 12.1. The van der Waals surface area contributed by atoms with Gasteiger partial charge in [-0.05, 0) is 35.4 Å². The molecule has 8 nitrogen and oxygen atoms in total. The van der Waals surface area contributed by atoms with Crippen LogP contribution < -0.4 is 4.90 Å². The third kappa shape index (κ3) is 3.48. The highest BCUT2D eigenvalue weighted by Crippen LogP contribution is 2.18. The summed E-state index contributed by atoms with van der Waals surface area (Å²) in [6, 6.07) is 8.18. The number of hydrogen-bond acceptors (Lipinski definition) is 6. The molecule has 4 rings (SSSR count). The fourth-order valence-corrected chi connectivity index (χ4v) is 3.35. The van der Waals surface area contributed by atoms with Gasteiger partial charge in [0.15, 0.2) is 5.82 Å². The second-order valence-electron chi connectivity index (χ2n) is 6.51. The fraction of sp³-hybridized carbons (Fsp3) is 0.529. The maximum absolute atomic E-state index is 4.73. The number of H-pyrrole nitrogens is 1. The fourth-order valence-electron chi connectivity index (χ4n) is 3.35. The van der Waals surface area contributed by atoms with Crippen LogP contribution in [0.5, 0.6) is 0 Å². The minimum absolute atomic E-state index is 0.807. The number of rotatable bonds is 5. The highest BCUT2D eigenvalue weighted by Gasteiger charge is 2.19. The Labute approximate surface area is 146 Å². The summed E-state index contributed by atoms with van der Waals surface area (Å²) in [4.78, 5) is 12.9. The van der Waals surface area contributed by atoms with Crippen LogP contribution in [0.15, 0.2) is 24.3 Å². The minimum Gasteiger partial charge on any atom is -0.341 e. The SMILES string of the molecule is CCCn1nnnc1CN1CCCN(c2nc3ccccc3[nH]2)CC1. The lowest BCUT2D eigenvalue weighted by atomic mass is 10.3. The first-order valence-corrected chi connectivity index (χ1v) is 9.00. The van der Waals surface area contributed by atoms with Crippen molar-refractivity contribution < 1.29 is 0 Å². The van der Waals surface area contributed by atoms with Crippen molar-refractivity contribution >= 4 is 17.0 Å². The van der Waals surface area contributed by atoms with E-state index in [4.69, 9.17) is 4.98 Å². The molecule has 0 radical (unpaired) electrons. The van der Waals surface area contributed by atoms with Gasteiger partial charge in [0.2, 0.25) is 5.95 Å². The van der Waals surface area contributed by atoms with E-state index in [9.17, 15) is 0 Å². The molecule has 0 atom stereocenters. The van der Waals surface area contributed by atoms with E-state index in [1.54, 1.807) is 0 Å². The van der Waals surface area contributed by atoms with Gasteiger partial charge >= 0.3 is 0 Å². The summed E-state index contributed by atoms with van der Waals surface area (Å²) in [5.74, 6) is 1.93. The Bertz CT molecular complexity index is 790. The van der Waals surface area contributed by atoms with Gasteiger partial charge in [-0.25, -0.2) is 9.67 Å². The molecule has 1 aliphatic rings. The Balaban J connectivity index is 1.42. The average Bonchev–Trinajstić information content (AvgIpc) is 3.17. The summed E-state index contributed by atoms with van der Waals surface area (Å²) in [5.41, 5.74) is 2.12. The zero-order valence-electron chi connectivity index (χ0n) is 14.6. The number of aryl methyl sites for hydroxylation is 1. The summed E-state index contributed by atoms with van der Waals surface area (Å²) >= 11 is 0. The lowest BCUT2D eigenvalue weighted by molar-refractivity contribution is 0.271. The molecule has 132 valence electrons. The molecule has 0 amide bonds. The van der Waals surface area contributed by atoms with Crippen LogP contribution in [0.2, 0.25) is 0 Å². The number of hydrogen-bond donors (Lipinski definition) is 1. The average molecular weight is 340 g/mol. The molecule has 1 aromatic carbocycles. The Morgan fingerprint density at radius 1 is 1.12 bits per heavy atom. The van der Waals surface area contributed by atoms with Crippen molar-refractivity contribution in [2.24, 2.45) is 0 Å². The Morgan fingerprint density at radius 2 is 2.04 bits per heavy atom. The van der Waals surface area contributed by atoms with E-state index >= 15 is 0 Å². The normalized spacial score (nSPS) is 16.4. The topological polar surface area (TPSA) is 78.8 Å². The predicted molar refractivity (Wildman–Crippen MR) is 96.3 cm³/mol. The number of aromatic amines is 1. The van der Waals surface area contributed by atoms with E-state index in [0.717, 1.165) is 74.9 Å². The molecule has 1 aliphatic heterocycles. The monoisotopic (exact) mass is 340 g/mol. The van der Waals surface area contributed by atoms with Gasteiger partial charge < -0.3 is 9.88 Å². The van der Waals surface area contributed by atoms with E-state index in [1.807, 2.05) is 22.9 Å². The van der Waals surface area contributed by atoms with E-state index in [0.29, 0.717) is 0 Å². The molecule has 0 spiro atoms. The first-order valence-electron chi connectivity index (χ1n) is 9.00. The molecule has 3 heterocycles. The van der Waals surface area contributed by atoms with Crippen LogP contribution in [0.3, 0.4) is 0 Å². The van der Waals surface area contributed by atoms with Crippen LogP contribution in [0, 0.1) is 0 Å². The molecule has 2 aromatic heterocycles. The molecule has 0 aliphatic carbocycles. The third-order valence-corrected chi connectivity index (χ3v) is 4.67. The van der Waals surface area contributed by atoms with Crippen molar-refractivity contribution in [2.45, 2.75) is 32.9 Å². The van der Waals surface area contributed by atoms with Crippen LogP contribution in [0.25, 0.3) is 11.0 Å². The smallest absolute Gasteiger partial charge is 0.203 e. The molecule has 1 saturated heterocycles. The van der Waals surface area contributed by atoms with E-state index in [1.165, 1.54) is 0 Å². The van der Waals surface area contributed by atoms with Crippen molar-refractivity contribution in [1.29, 1.82) is 0 Å². The number of para-hydroxylation sites is 2. The summed E-state index contributed by atoms with van der Waals surface area (Å²) in [6.45, 7) is 7.82. The zero-order valence-corrected chi connectivity index (χ0v) is 14.6. The van der Waals surface area contributed by atoms with Gasteiger partial charge in [0, 0.05) is 32.7 Å². The van der Waals surface area contributed by atoms with Gasteiger partial charge in [-0.2, -0.15) is 0 Å². The van der Waals surface area contributed by atoms with E-state index in [-0.39, 0.29) is 0 Å². The number of benzene rings is 1. The Morgan fingerprint density at radius 3 is 2.92 bits per heavy atom. The molecule has 1 fully saturated rings. The Hall–Kier alpha value is -2.48. The molecule has 1 N–H and O–H groups in total. The molecule has 0 unspecified atom stereocenters. The number of imidazole rings is 1. The van der Waals surface area contributed by atoms with Gasteiger partial charge in [0.25, 0.3) is 0 Å². The predicted octanol–water partition coefficient (Wildman–Crippen LogP) is 1.67. The number of tetrazole rings is 1. The lowest BCUT2D eigenvalue weighted by Gasteiger charge is -2.21. The van der Waals surface area contributed by atoms with Crippen molar-refractivity contribution in [3.8, 4) is 0 Å². The quantitative estimate of drug-likeness (QED) is 0.761. The van der Waals surface area contributed by atoms with Crippen LogP contribution in [-0.2, 0) is 13.1 Å². The second kappa shape index (κ2) is 7.18. The highest BCUT2D eigenvalue weighted by molar-refractivity contribution is 5.77. The summed E-state index contributed by atoms with van der Waals surface area (Å²) in [6.07, 6.45) is 2.14. The highest BCUT2D eigenvalue weighted by atomic mass is 15.5. The molecule has 0 bridgehead atoms. The second-order valence-corrected chi connectivity index (χ2v) is 6.51. The zero-order chi connectivity index (χ0) is 17.1. The molecule has 0 saturated carbocycles. The van der Waals surface area contributed by atoms with Crippen LogP contribution in [0.4, 0.5) is 5.95 Å². The molecular weight excluding hydrogens is 316 g/mol. The van der Waals surface area contributed by atoms with Crippen molar-refractivity contribution in [3.63, 3.8) is 0 Å².